The third-order valence-corrected chi connectivity index (χ3v) is 3.50. The van der Waals surface area contributed by atoms with Crippen molar-refractivity contribution in [3.63, 3.8) is 0 Å². The number of ether oxygens (including phenoxy) is 1. The van der Waals surface area contributed by atoms with Crippen molar-refractivity contribution in [2.24, 2.45) is 0 Å². The molecule has 0 aromatic carbocycles. The molecule has 20 heavy (non-hydrogen) atoms. The Labute approximate surface area is 120 Å². The van der Waals surface area contributed by atoms with Crippen LogP contribution < -0.4 is 10.5 Å². The number of aromatic nitrogens is 1. The summed E-state index contributed by atoms with van der Waals surface area (Å²) in [4.78, 5) is 4.35. The van der Waals surface area contributed by atoms with Crippen LogP contribution in [0.1, 0.15) is 31.2 Å². The molecule has 106 valence electrons. The minimum Gasteiger partial charge on any atom is -0.474 e. The Balaban J connectivity index is 2.14. The fourth-order valence-electron chi connectivity index (χ4n) is 2.42. The summed E-state index contributed by atoms with van der Waals surface area (Å²) in [6.07, 6.45) is 12.8. The first-order valence-electron chi connectivity index (χ1n) is 7.07. The van der Waals surface area contributed by atoms with Crippen LogP contribution in [0.5, 0.6) is 5.88 Å². The van der Waals surface area contributed by atoms with Gasteiger partial charge in [0.1, 0.15) is 6.10 Å². The molecule has 2 N–H and O–H groups in total. The summed E-state index contributed by atoms with van der Waals surface area (Å²) < 4.78 is 6.02. The van der Waals surface area contributed by atoms with E-state index in [0.717, 1.165) is 24.0 Å². The predicted octanol–water partition coefficient (Wildman–Crippen LogP) is 3.83. The van der Waals surface area contributed by atoms with E-state index in [0.29, 0.717) is 18.0 Å². The third-order valence-electron chi connectivity index (χ3n) is 3.50. The topological polar surface area (TPSA) is 48.1 Å². The summed E-state index contributed by atoms with van der Waals surface area (Å²) in [5.74, 6) is 0.657. The summed E-state index contributed by atoms with van der Waals surface area (Å²) in [5, 5.41) is 0. The van der Waals surface area contributed by atoms with Crippen LogP contribution >= 0.6 is 0 Å². The molecule has 1 fully saturated rings. The normalized spacial score (nSPS) is 15.6. The number of hydrogen-bond donors (Lipinski definition) is 1. The van der Waals surface area contributed by atoms with Gasteiger partial charge in [-0.15, -0.1) is 0 Å². The van der Waals surface area contributed by atoms with Crippen molar-refractivity contribution < 1.29 is 4.74 Å². The first-order valence-corrected chi connectivity index (χ1v) is 7.07. The maximum absolute atomic E-state index is 6.07. The lowest BCUT2D eigenvalue weighted by atomic mass is 10.1. The van der Waals surface area contributed by atoms with Crippen LogP contribution in [0.3, 0.4) is 0 Å². The van der Waals surface area contributed by atoms with Gasteiger partial charge < -0.3 is 10.5 Å². The first kappa shape index (κ1) is 14.4. The zero-order chi connectivity index (χ0) is 14.4. The zero-order valence-corrected chi connectivity index (χ0v) is 11.8. The Hall–Kier alpha value is -2.03. The number of allylic oxidation sites excluding steroid dienone is 4. The summed E-state index contributed by atoms with van der Waals surface area (Å²) in [5.41, 5.74) is 8.66. The number of anilines is 1. The van der Waals surface area contributed by atoms with Crippen LogP contribution in [0.15, 0.2) is 49.2 Å². The van der Waals surface area contributed by atoms with Crippen LogP contribution in [0.4, 0.5) is 5.69 Å². The molecule has 1 saturated carbocycles. The van der Waals surface area contributed by atoms with Gasteiger partial charge in [0.2, 0.25) is 5.88 Å². The van der Waals surface area contributed by atoms with Crippen LogP contribution in [-0.4, -0.2) is 11.1 Å². The summed E-state index contributed by atoms with van der Waals surface area (Å²) in [6, 6.07) is 1.81. The standard InChI is InChI=1S/C17H22N2O/c1-3-4-7-13(2)12-15-16(18)10-11-19-17(15)20-14-8-5-6-9-14/h3-4,7,10-11,14H,1-2,5-6,8-9,12H2,(H2,18,19)/b7-4-. The second-order valence-corrected chi connectivity index (χ2v) is 5.14. The average Bonchev–Trinajstić information content (AvgIpc) is 2.93. The molecule has 0 atom stereocenters. The Morgan fingerprint density at radius 1 is 1.45 bits per heavy atom. The van der Waals surface area contributed by atoms with E-state index in [2.05, 4.69) is 18.1 Å². The van der Waals surface area contributed by atoms with Gasteiger partial charge in [0, 0.05) is 23.9 Å². The van der Waals surface area contributed by atoms with E-state index in [1.165, 1.54) is 12.8 Å². The van der Waals surface area contributed by atoms with Crippen molar-refractivity contribution in [2.75, 3.05) is 5.73 Å². The smallest absolute Gasteiger partial charge is 0.219 e. The van der Waals surface area contributed by atoms with Gasteiger partial charge in [0.05, 0.1) is 0 Å². The number of hydrogen-bond acceptors (Lipinski definition) is 3. The molecule has 1 aliphatic carbocycles. The second-order valence-electron chi connectivity index (χ2n) is 5.14. The zero-order valence-electron chi connectivity index (χ0n) is 11.8. The number of nitrogens with zero attached hydrogens (tertiary/aromatic N) is 1. The second kappa shape index (κ2) is 6.94. The van der Waals surface area contributed by atoms with Gasteiger partial charge in [-0.05, 0) is 31.7 Å². The van der Waals surface area contributed by atoms with Crippen molar-refractivity contribution >= 4 is 5.69 Å². The molecule has 3 heteroatoms. The summed E-state index contributed by atoms with van der Waals surface area (Å²) in [7, 11) is 0. The van der Waals surface area contributed by atoms with E-state index in [1.807, 2.05) is 12.2 Å². The van der Waals surface area contributed by atoms with E-state index in [-0.39, 0.29) is 6.10 Å². The van der Waals surface area contributed by atoms with Crippen molar-refractivity contribution in [3.8, 4) is 5.88 Å². The van der Waals surface area contributed by atoms with E-state index in [9.17, 15) is 0 Å². The maximum atomic E-state index is 6.07. The van der Waals surface area contributed by atoms with Gasteiger partial charge in [-0.2, -0.15) is 0 Å². The molecule has 0 radical (unpaired) electrons. The molecule has 3 nitrogen and oxygen atoms in total. The first-order chi connectivity index (χ1) is 9.70. The van der Waals surface area contributed by atoms with Crippen molar-refractivity contribution in [3.05, 3.63) is 54.8 Å². The molecule has 0 amide bonds. The molecule has 0 saturated heterocycles. The van der Waals surface area contributed by atoms with Crippen LogP contribution in [0.25, 0.3) is 0 Å². The monoisotopic (exact) mass is 270 g/mol. The molecule has 0 bridgehead atoms. The van der Waals surface area contributed by atoms with Crippen molar-refractivity contribution in [1.82, 2.24) is 4.98 Å². The highest BCUT2D eigenvalue weighted by molar-refractivity contribution is 5.53. The van der Waals surface area contributed by atoms with Gasteiger partial charge >= 0.3 is 0 Å². The Bertz CT molecular complexity index is 514. The molecule has 1 aromatic heterocycles. The Morgan fingerprint density at radius 3 is 2.90 bits per heavy atom. The number of nitrogen functional groups attached to an aromatic ring is 1. The molecule has 1 heterocycles. The minimum atomic E-state index is 0.278. The number of pyridine rings is 1. The summed E-state index contributed by atoms with van der Waals surface area (Å²) in [6.45, 7) is 7.68. The minimum absolute atomic E-state index is 0.278. The van der Waals surface area contributed by atoms with Gasteiger partial charge in [0.15, 0.2) is 0 Å². The Kier molecular flexibility index (Phi) is 4.99. The number of rotatable bonds is 6. The molecule has 0 aliphatic heterocycles. The summed E-state index contributed by atoms with van der Waals surface area (Å²) >= 11 is 0. The lowest BCUT2D eigenvalue weighted by Gasteiger charge is -2.16. The van der Waals surface area contributed by atoms with Gasteiger partial charge in [-0.1, -0.05) is 37.0 Å². The average molecular weight is 270 g/mol. The molecule has 1 aliphatic rings. The number of nitrogens with two attached hydrogens (primary N) is 1. The molecule has 1 aromatic rings. The lowest BCUT2D eigenvalue weighted by Crippen LogP contribution is -2.14. The van der Waals surface area contributed by atoms with Gasteiger partial charge in [-0.3, -0.25) is 0 Å². The molecule has 0 spiro atoms. The van der Waals surface area contributed by atoms with Crippen molar-refractivity contribution in [2.45, 2.75) is 38.2 Å². The van der Waals surface area contributed by atoms with Crippen LogP contribution in [0.2, 0.25) is 0 Å². The SMILES string of the molecule is C=C/C=C\C(=C)Cc1c(N)ccnc1OC1CCCC1. The molecular formula is C17H22N2O. The lowest BCUT2D eigenvalue weighted by molar-refractivity contribution is 0.199. The Morgan fingerprint density at radius 2 is 2.20 bits per heavy atom. The van der Waals surface area contributed by atoms with E-state index < -0.39 is 0 Å². The third kappa shape index (κ3) is 3.73. The molecular weight excluding hydrogens is 248 g/mol. The van der Waals surface area contributed by atoms with Gasteiger partial charge in [-0.25, -0.2) is 4.98 Å². The predicted molar refractivity (Wildman–Crippen MR) is 83.7 cm³/mol. The van der Waals surface area contributed by atoms with E-state index in [4.69, 9.17) is 10.5 Å². The van der Waals surface area contributed by atoms with E-state index in [1.54, 1.807) is 18.3 Å². The largest absolute Gasteiger partial charge is 0.474 e. The quantitative estimate of drug-likeness (QED) is 0.799. The molecule has 0 unspecified atom stereocenters. The van der Waals surface area contributed by atoms with Gasteiger partial charge in [0.25, 0.3) is 0 Å². The highest BCUT2D eigenvalue weighted by Gasteiger charge is 2.19. The van der Waals surface area contributed by atoms with Crippen molar-refractivity contribution in [1.29, 1.82) is 0 Å². The van der Waals surface area contributed by atoms with Crippen LogP contribution in [0, 0.1) is 0 Å². The fourth-order valence-corrected chi connectivity index (χ4v) is 2.42. The van der Waals surface area contributed by atoms with Crippen LogP contribution in [-0.2, 0) is 6.42 Å². The van der Waals surface area contributed by atoms with E-state index >= 15 is 0 Å². The fraction of sp³-hybridized carbons (Fsp3) is 0.353. The molecule has 2 rings (SSSR count). The highest BCUT2D eigenvalue weighted by atomic mass is 16.5. The highest BCUT2D eigenvalue weighted by Crippen LogP contribution is 2.29. The maximum Gasteiger partial charge on any atom is 0.219 e.